The number of anilines is 1. The predicted octanol–water partition coefficient (Wildman–Crippen LogP) is 1.89. The van der Waals surface area contributed by atoms with Gasteiger partial charge in [0, 0.05) is 50.5 Å². The molecule has 2 aromatic heterocycles. The fraction of sp³-hybridized carbons (Fsp3) is 0.556. The van der Waals surface area contributed by atoms with Gasteiger partial charge in [-0.2, -0.15) is 0 Å². The van der Waals surface area contributed by atoms with Crippen LogP contribution in [0.3, 0.4) is 0 Å². The number of aromatic nitrogens is 3. The van der Waals surface area contributed by atoms with Gasteiger partial charge in [0.15, 0.2) is 0 Å². The molecule has 3 heterocycles. The summed E-state index contributed by atoms with van der Waals surface area (Å²) in [5.74, 6) is 0.894. The van der Waals surface area contributed by atoms with Crippen LogP contribution in [-0.4, -0.2) is 70.4 Å². The second-order valence-corrected chi connectivity index (χ2v) is 8.07. The van der Waals surface area contributed by atoms with Crippen LogP contribution < -0.4 is 4.90 Å². The van der Waals surface area contributed by atoms with Crippen molar-refractivity contribution in [2.75, 3.05) is 44.7 Å². The second-order valence-electron chi connectivity index (χ2n) is 6.67. The Labute approximate surface area is 158 Å². The van der Waals surface area contributed by atoms with Gasteiger partial charge in [0.25, 0.3) is 0 Å². The number of carbonyl (C=O) groups excluding carboxylic acids is 1. The van der Waals surface area contributed by atoms with Crippen LogP contribution in [0, 0.1) is 13.8 Å². The highest BCUT2D eigenvalue weighted by Crippen LogP contribution is 2.26. The molecule has 0 bridgehead atoms. The van der Waals surface area contributed by atoms with E-state index >= 15 is 0 Å². The van der Waals surface area contributed by atoms with E-state index in [9.17, 15) is 4.79 Å². The molecule has 7 nitrogen and oxygen atoms in total. The third kappa shape index (κ3) is 4.19. The van der Waals surface area contributed by atoms with Gasteiger partial charge < -0.3 is 9.80 Å². The summed E-state index contributed by atoms with van der Waals surface area (Å²) in [5.41, 5.74) is 1.01. The Kier molecular flexibility index (Phi) is 5.83. The molecule has 1 atom stereocenters. The lowest BCUT2D eigenvalue weighted by Crippen LogP contribution is -2.50. The standard InChI is InChI=1S/C18H26N6OS/c1-13(17-14(2)26-15(3)21-17)22(4)16(25)12-23-8-10-24(11-9-23)18-19-6-5-7-20-18/h5-7,13H,8-12H2,1-4H3. The van der Waals surface area contributed by atoms with Crippen molar-refractivity contribution in [2.45, 2.75) is 26.8 Å². The third-order valence-corrected chi connectivity index (χ3v) is 5.78. The summed E-state index contributed by atoms with van der Waals surface area (Å²) in [6.07, 6.45) is 3.52. The number of rotatable bonds is 5. The van der Waals surface area contributed by atoms with Gasteiger partial charge in [-0.15, -0.1) is 11.3 Å². The summed E-state index contributed by atoms with van der Waals surface area (Å²) in [4.78, 5) is 33.3. The largest absolute Gasteiger partial charge is 0.338 e. The molecule has 0 radical (unpaired) electrons. The van der Waals surface area contributed by atoms with E-state index in [2.05, 4.69) is 31.7 Å². The Balaban J connectivity index is 1.53. The zero-order valence-corrected chi connectivity index (χ0v) is 16.7. The summed E-state index contributed by atoms with van der Waals surface area (Å²) >= 11 is 1.68. The zero-order chi connectivity index (χ0) is 18.7. The van der Waals surface area contributed by atoms with Gasteiger partial charge in [0.1, 0.15) is 0 Å². The highest BCUT2D eigenvalue weighted by Gasteiger charge is 2.25. The molecule has 2 aromatic rings. The summed E-state index contributed by atoms with van der Waals surface area (Å²) in [5, 5.41) is 1.05. The van der Waals surface area contributed by atoms with Crippen LogP contribution >= 0.6 is 11.3 Å². The topological polar surface area (TPSA) is 65.5 Å². The molecular formula is C18H26N6OS. The molecule has 0 saturated carbocycles. The van der Waals surface area contributed by atoms with Crippen molar-refractivity contribution in [2.24, 2.45) is 0 Å². The van der Waals surface area contributed by atoms with Gasteiger partial charge >= 0.3 is 0 Å². The van der Waals surface area contributed by atoms with Gasteiger partial charge in [-0.25, -0.2) is 15.0 Å². The summed E-state index contributed by atoms with van der Waals surface area (Å²) in [6.45, 7) is 9.89. The smallest absolute Gasteiger partial charge is 0.237 e. The lowest BCUT2D eigenvalue weighted by Gasteiger charge is -2.35. The number of hydrogen-bond acceptors (Lipinski definition) is 7. The minimum absolute atomic E-state index is 0.00791. The molecule has 0 aromatic carbocycles. The molecule has 0 aliphatic carbocycles. The average molecular weight is 375 g/mol. The van der Waals surface area contributed by atoms with Crippen molar-refractivity contribution >= 4 is 23.2 Å². The first-order chi connectivity index (χ1) is 12.5. The lowest BCUT2D eigenvalue weighted by atomic mass is 10.2. The maximum absolute atomic E-state index is 12.7. The van der Waals surface area contributed by atoms with Crippen molar-refractivity contribution in [1.29, 1.82) is 0 Å². The molecule has 140 valence electrons. The first kappa shape index (κ1) is 18.7. The Hall–Kier alpha value is -2.06. The van der Waals surface area contributed by atoms with Crippen LogP contribution in [-0.2, 0) is 4.79 Å². The van der Waals surface area contributed by atoms with Gasteiger partial charge in [-0.05, 0) is 26.8 Å². The lowest BCUT2D eigenvalue weighted by molar-refractivity contribution is -0.133. The summed E-state index contributed by atoms with van der Waals surface area (Å²) < 4.78 is 0. The molecular weight excluding hydrogens is 348 g/mol. The SMILES string of the molecule is Cc1nc(C(C)N(C)C(=O)CN2CCN(c3ncccn3)CC2)c(C)s1. The van der Waals surface area contributed by atoms with Gasteiger partial charge in [0.2, 0.25) is 11.9 Å². The highest BCUT2D eigenvalue weighted by molar-refractivity contribution is 7.11. The molecule has 0 spiro atoms. The van der Waals surface area contributed by atoms with Crippen LogP contribution in [0.4, 0.5) is 5.95 Å². The number of likely N-dealkylation sites (N-methyl/N-ethyl adjacent to an activating group) is 1. The number of carbonyl (C=O) groups is 1. The number of thiazole rings is 1. The maximum atomic E-state index is 12.7. The zero-order valence-electron chi connectivity index (χ0n) is 15.8. The number of nitrogens with zero attached hydrogens (tertiary/aromatic N) is 6. The molecule has 1 aliphatic rings. The van der Waals surface area contributed by atoms with E-state index in [1.54, 1.807) is 23.7 Å². The van der Waals surface area contributed by atoms with E-state index in [1.807, 2.05) is 31.9 Å². The number of hydrogen-bond donors (Lipinski definition) is 0. The minimum Gasteiger partial charge on any atom is -0.338 e. The molecule has 3 rings (SSSR count). The Morgan fingerprint density at radius 2 is 1.88 bits per heavy atom. The monoisotopic (exact) mass is 374 g/mol. The molecule has 1 amide bonds. The number of piperazine rings is 1. The third-order valence-electron chi connectivity index (χ3n) is 4.88. The van der Waals surface area contributed by atoms with Crippen LogP contribution in [0.2, 0.25) is 0 Å². The maximum Gasteiger partial charge on any atom is 0.237 e. The quantitative estimate of drug-likeness (QED) is 0.796. The van der Waals surface area contributed by atoms with Crippen molar-refractivity contribution in [1.82, 2.24) is 24.8 Å². The van der Waals surface area contributed by atoms with E-state index in [-0.39, 0.29) is 11.9 Å². The van der Waals surface area contributed by atoms with E-state index in [0.29, 0.717) is 6.54 Å². The summed E-state index contributed by atoms with van der Waals surface area (Å²) in [7, 11) is 1.87. The first-order valence-corrected chi connectivity index (χ1v) is 9.71. The predicted molar refractivity (Wildman–Crippen MR) is 103 cm³/mol. The number of aryl methyl sites for hydroxylation is 2. The first-order valence-electron chi connectivity index (χ1n) is 8.89. The van der Waals surface area contributed by atoms with E-state index in [4.69, 9.17) is 0 Å². The fourth-order valence-corrected chi connectivity index (χ4v) is 4.10. The molecule has 1 unspecified atom stereocenters. The van der Waals surface area contributed by atoms with Crippen molar-refractivity contribution in [3.63, 3.8) is 0 Å². The van der Waals surface area contributed by atoms with Crippen LogP contribution in [0.5, 0.6) is 0 Å². The van der Waals surface area contributed by atoms with Gasteiger partial charge in [-0.3, -0.25) is 9.69 Å². The normalized spacial score (nSPS) is 16.5. The van der Waals surface area contributed by atoms with E-state index in [0.717, 1.165) is 42.8 Å². The van der Waals surface area contributed by atoms with Crippen molar-refractivity contribution < 1.29 is 4.79 Å². The molecule has 26 heavy (non-hydrogen) atoms. The van der Waals surface area contributed by atoms with Gasteiger partial charge in [-0.1, -0.05) is 0 Å². The summed E-state index contributed by atoms with van der Waals surface area (Å²) in [6, 6.07) is 1.81. The van der Waals surface area contributed by atoms with Crippen LogP contribution in [0.1, 0.15) is 28.5 Å². The minimum atomic E-state index is -0.00791. The second kappa shape index (κ2) is 8.09. The molecule has 8 heteroatoms. The van der Waals surface area contributed by atoms with E-state index in [1.165, 1.54) is 4.88 Å². The van der Waals surface area contributed by atoms with E-state index < -0.39 is 0 Å². The Bertz CT molecular complexity index is 741. The molecule has 0 N–H and O–H groups in total. The van der Waals surface area contributed by atoms with Crippen molar-refractivity contribution in [3.8, 4) is 0 Å². The van der Waals surface area contributed by atoms with Crippen LogP contribution in [0.15, 0.2) is 18.5 Å². The Morgan fingerprint density at radius 3 is 2.46 bits per heavy atom. The average Bonchev–Trinajstić information content (AvgIpc) is 3.00. The fourth-order valence-electron chi connectivity index (χ4n) is 3.20. The Morgan fingerprint density at radius 1 is 1.23 bits per heavy atom. The molecule has 1 fully saturated rings. The molecule has 1 saturated heterocycles. The number of amides is 1. The van der Waals surface area contributed by atoms with Crippen LogP contribution in [0.25, 0.3) is 0 Å². The molecule has 1 aliphatic heterocycles. The van der Waals surface area contributed by atoms with Crippen molar-refractivity contribution in [3.05, 3.63) is 34.0 Å². The highest BCUT2D eigenvalue weighted by atomic mass is 32.1. The van der Waals surface area contributed by atoms with Gasteiger partial charge in [0.05, 0.1) is 23.3 Å².